The molecule has 0 bridgehead atoms. The van der Waals surface area contributed by atoms with Gasteiger partial charge in [-0.3, -0.25) is 19.1 Å². The number of likely N-dealkylation sites (tertiary alicyclic amines) is 1. The van der Waals surface area contributed by atoms with Crippen molar-refractivity contribution < 1.29 is 9.90 Å². The molecule has 3 heterocycles. The second-order valence-electron chi connectivity index (χ2n) is 11.9. The predicted molar refractivity (Wildman–Crippen MR) is 157 cm³/mol. The molecule has 0 radical (unpaired) electrons. The van der Waals surface area contributed by atoms with Gasteiger partial charge in [-0.25, -0.2) is 0 Å². The number of rotatable bonds is 4. The monoisotopic (exact) mass is 549 g/mol. The van der Waals surface area contributed by atoms with Gasteiger partial charge in [0.05, 0.1) is 33.6 Å². The fourth-order valence-electron chi connectivity index (χ4n) is 6.57. The molecule has 1 saturated heterocycles. The molecule has 0 unspecified atom stereocenters. The van der Waals surface area contributed by atoms with Crippen molar-refractivity contribution >= 4 is 28.5 Å². The summed E-state index contributed by atoms with van der Waals surface area (Å²) in [7, 11) is 0. The third-order valence-corrected chi connectivity index (χ3v) is 9.33. The predicted octanol–water partition coefficient (Wildman–Crippen LogP) is 6.92. The van der Waals surface area contributed by atoms with E-state index in [-0.39, 0.29) is 17.5 Å². The normalized spacial score (nSPS) is 18.6. The number of aliphatic carboxylic acids is 1. The van der Waals surface area contributed by atoms with Gasteiger partial charge in [0.25, 0.3) is 5.56 Å². The van der Waals surface area contributed by atoms with E-state index in [0.717, 1.165) is 74.6 Å². The van der Waals surface area contributed by atoms with Crippen LogP contribution in [0.15, 0.2) is 41.2 Å². The van der Waals surface area contributed by atoms with Crippen LogP contribution in [0.2, 0.25) is 5.02 Å². The molecule has 1 spiro atoms. The van der Waals surface area contributed by atoms with Gasteiger partial charge in [-0.15, -0.1) is 0 Å². The number of carboxylic acids is 1. The quantitative estimate of drug-likeness (QED) is 0.382. The molecule has 0 atom stereocenters. The Bertz CT molecular complexity index is 1420. The molecule has 7 heteroatoms. The molecule has 6 nitrogen and oxygen atoms in total. The van der Waals surface area contributed by atoms with E-state index < -0.39 is 5.97 Å². The molecular formula is C32H40ClN3O3. The number of benzene rings is 2. The number of hydrogen-bond acceptors (Lipinski definition) is 4. The zero-order valence-corrected chi connectivity index (χ0v) is 24.1. The van der Waals surface area contributed by atoms with Crippen molar-refractivity contribution in [3.05, 3.63) is 68.7 Å². The summed E-state index contributed by atoms with van der Waals surface area (Å²) >= 11 is 6.47. The molecular weight excluding hydrogens is 510 g/mol. The van der Waals surface area contributed by atoms with Crippen molar-refractivity contribution in [1.29, 1.82) is 0 Å². The molecule has 1 aliphatic carbocycles. The minimum atomic E-state index is -0.766. The van der Waals surface area contributed by atoms with E-state index in [1.54, 1.807) is 6.07 Å². The number of carbonyl (C=O) groups is 1. The maximum atomic E-state index is 13.1. The fraction of sp³-hybridized carbons (Fsp3) is 0.531. The molecule has 0 amide bonds. The zero-order valence-electron chi connectivity index (χ0n) is 23.4. The van der Waals surface area contributed by atoms with Crippen LogP contribution < -0.4 is 5.56 Å². The Morgan fingerprint density at radius 1 is 1.13 bits per heavy atom. The Morgan fingerprint density at radius 3 is 2.46 bits per heavy atom. The molecule has 2 fully saturated rings. The Kier molecular flexibility index (Phi) is 8.16. The molecule has 1 aromatic heterocycles. The topological polar surface area (TPSA) is 75.4 Å². The van der Waals surface area contributed by atoms with Crippen molar-refractivity contribution in [1.82, 2.24) is 14.5 Å². The number of fused-ring (bicyclic) bond motifs is 7. The third-order valence-electron chi connectivity index (χ3n) is 9.01. The van der Waals surface area contributed by atoms with Crippen molar-refractivity contribution in [3.63, 3.8) is 0 Å². The minimum absolute atomic E-state index is 0.110. The Labute approximate surface area is 236 Å². The van der Waals surface area contributed by atoms with Crippen LogP contribution in [0.25, 0.3) is 16.6 Å². The minimum Gasteiger partial charge on any atom is -0.480 e. The number of piperidine rings is 1. The maximum Gasteiger partial charge on any atom is 0.317 e. The SMILES string of the molecule is CCC(C)C.O=C(O)CN1CCC(c2ccc3c(c2)-n2c(nc(=O)c4c(Cl)cccc42)C32CCCCC2)CC1. The number of halogens is 1. The van der Waals surface area contributed by atoms with Crippen LogP contribution in [-0.4, -0.2) is 45.2 Å². The highest BCUT2D eigenvalue weighted by Gasteiger charge is 2.46. The van der Waals surface area contributed by atoms with Gasteiger partial charge >= 0.3 is 5.97 Å². The summed E-state index contributed by atoms with van der Waals surface area (Å²) in [6.45, 7) is 8.34. The van der Waals surface area contributed by atoms with Crippen molar-refractivity contribution in [3.8, 4) is 5.69 Å². The average Bonchev–Trinajstić information content (AvgIpc) is 3.18. The zero-order chi connectivity index (χ0) is 27.7. The summed E-state index contributed by atoms with van der Waals surface area (Å²) in [5.41, 5.74) is 4.06. The van der Waals surface area contributed by atoms with Gasteiger partial charge in [0, 0.05) is 0 Å². The first-order valence-corrected chi connectivity index (χ1v) is 14.9. The molecule has 1 N–H and O–H groups in total. The lowest BCUT2D eigenvalue weighted by Crippen LogP contribution is -2.36. The van der Waals surface area contributed by atoms with Gasteiger partial charge in [0.2, 0.25) is 0 Å². The summed E-state index contributed by atoms with van der Waals surface area (Å²) in [6, 6.07) is 12.5. The van der Waals surface area contributed by atoms with E-state index in [9.17, 15) is 9.59 Å². The van der Waals surface area contributed by atoms with Crippen LogP contribution in [0, 0.1) is 5.92 Å². The van der Waals surface area contributed by atoms with Gasteiger partial charge in [0.15, 0.2) is 0 Å². The van der Waals surface area contributed by atoms with Crippen LogP contribution in [0.3, 0.4) is 0 Å². The highest BCUT2D eigenvalue weighted by Crippen LogP contribution is 2.52. The van der Waals surface area contributed by atoms with Crippen LogP contribution in [0.5, 0.6) is 0 Å². The molecule has 3 aliphatic rings. The number of aromatic nitrogens is 2. The van der Waals surface area contributed by atoms with Crippen molar-refractivity contribution in [2.45, 2.75) is 83.5 Å². The van der Waals surface area contributed by atoms with Gasteiger partial charge in [-0.05, 0) is 79.9 Å². The molecule has 6 rings (SSSR count). The summed E-state index contributed by atoms with van der Waals surface area (Å²) in [4.78, 5) is 30.9. The first-order chi connectivity index (χ1) is 18.7. The van der Waals surface area contributed by atoms with Crippen LogP contribution in [0.1, 0.15) is 95.0 Å². The fourth-order valence-corrected chi connectivity index (χ4v) is 6.82. The lowest BCUT2D eigenvalue weighted by molar-refractivity contribution is -0.138. The van der Waals surface area contributed by atoms with Crippen LogP contribution in [-0.2, 0) is 10.2 Å². The van der Waals surface area contributed by atoms with Gasteiger partial charge < -0.3 is 5.11 Å². The van der Waals surface area contributed by atoms with E-state index in [1.165, 1.54) is 24.0 Å². The summed E-state index contributed by atoms with van der Waals surface area (Å²) < 4.78 is 2.20. The lowest BCUT2D eigenvalue weighted by atomic mass is 9.69. The summed E-state index contributed by atoms with van der Waals surface area (Å²) in [5, 5.41) is 10.0. The largest absolute Gasteiger partial charge is 0.480 e. The first-order valence-electron chi connectivity index (χ1n) is 14.6. The van der Waals surface area contributed by atoms with E-state index in [4.69, 9.17) is 16.7 Å². The second-order valence-corrected chi connectivity index (χ2v) is 12.3. The lowest BCUT2D eigenvalue weighted by Gasteiger charge is -2.34. The summed E-state index contributed by atoms with van der Waals surface area (Å²) in [5.74, 6) is 1.38. The number of hydrogen-bond donors (Lipinski definition) is 1. The number of nitrogens with zero attached hydrogens (tertiary/aromatic N) is 3. The van der Waals surface area contributed by atoms with E-state index in [2.05, 4.69) is 48.5 Å². The standard InChI is InChI=1S/C27H28ClN3O3.C5H12/c28-20-5-4-6-21-24(20)25(34)29-26-27(11-2-1-3-12-27)19-8-7-18(15-22(19)31(21)26)17-9-13-30(14-10-17)16-23(32)33;1-4-5(2)3/h4-8,15,17H,1-3,9-14,16H2,(H,32,33);5H,4H2,1-3H3. The highest BCUT2D eigenvalue weighted by atomic mass is 35.5. The van der Waals surface area contributed by atoms with Crippen LogP contribution >= 0.6 is 11.6 Å². The average molecular weight is 550 g/mol. The van der Waals surface area contributed by atoms with Gasteiger partial charge in [0.1, 0.15) is 5.82 Å². The van der Waals surface area contributed by atoms with E-state index in [0.29, 0.717) is 16.3 Å². The molecule has 39 heavy (non-hydrogen) atoms. The van der Waals surface area contributed by atoms with Gasteiger partial charge in [-0.2, -0.15) is 4.98 Å². The Morgan fingerprint density at radius 2 is 1.82 bits per heavy atom. The highest BCUT2D eigenvalue weighted by molar-refractivity contribution is 6.35. The third kappa shape index (κ3) is 5.26. The molecule has 2 aliphatic heterocycles. The smallest absolute Gasteiger partial charge is 0.317 e. The van der Waals surface area contributed by atoms with E-state index in [1.807, 2.05) is 17.0 Å². The Balaban J connectivity index is 0.000000567. The van der Waals surface area contributed by atoms with Gasteiger partial charge in [-0.1, -0.05) is 76.3 Å². The molecule has 1 saturated carbocycles. The first kappa shape index (κ1) is 27.9. The Hall–Kier alpha value is -2.70. The molecule has 208 valence electrons. The summed E-state index contributed by atoms with van der Waals surface area (Å²) in [6.07, 6.45) is 8.68. The molecule has 2 aromatic carbocycles. The van der Waals surface area contributed by atoms with Crippen LogP contribution in [0.4, 0.5) is 0 Å². The van der Waals surface area contributed by atoms with E-state index >= 15 is 0 Å². The number of carboxylic acid groups (broad SMARTS) is 1. The maximum absolute atomic E-state index is 13.1. The molecule has 3 aromatic rings. The van der Waals surface area contributed by atoms with Crippen molar-refractivity contribution in [2.24, 2.45) is 5.92 Å². The van der Waals surface area contributed by atoms with Crippen molar-refractivity contribution in [2.75, 3.05) is 19.6 Å². The second kappa shape index (κ2) is 11.4.